The third-order valence-electron chi connectivity index (χ3n) is 9.46. The normalized spacial score (nSPS) is 11.8. The van der Waals surface area contributed by atoms with Gasteiger partial charge < -0.3 is 9.32 Å². The van der Waals surface area contributed by atoms with Gasteiger partial charge in [0.15, 0.2) is 5.58 Å². The van der Waals surface area contributed by atoms with Gasteiger partial charge in [-0.3, -0.25) is 0 Å². The molecule has 0 fully saturated rings. The molecule has 2 heterocycles. The van der Waals surface area contributed by atoms with E-state index in [0.29, 0.717) is 0 Å². The van der Waals surface area contributed by atoms with E-state index in [1.807, 2.05) is 17.4 Å². The van der Waals surface area contributed by atoms with Crippen LogP contribution in [0.15, 0.2) is 168 Å². The molecule has 10 rings (SSSR count). The fraction of sp³-hybridized carbons (Fsp3) is 0. The molecule has 2 nitrogen and oxygen atoms in total. The molecule has 8 aromatic carbocycles. The lowest BCUT2D eigenvalue weighted by Gasteiger charge is -2.27. The van der Waals surface area contributed by atoms with Gasteiger partial charge in [-0.05, 0) is 63.7 Å². The number of thiophene rings is 1. The van der Waals surface area contributed by atoms with E-state index in [9.17, 15) is 0 Å². The molecule has 47 heavy (non-hydrogen) atoms. The van der Waals surface area contributed by atoms with E-state index in [4.69, 9.17) is 4.42 Å². The average Bonchev–Trinajstić information content (AvgIpc) is 3.71. The Morgan fingerprint density at radius 1 is 0.447 bits per heavy atom. The highest BCUT2D eigenvalue weighted by Gasteiger charge is 2.22. The van der Waals surface area contributed by atoms with Crippen LogP contribution in [-0.2, 0) is 0 Å². The number of hydrogen-bond acceptors (Lipinski definition) is 3. The van der Waals surface area contributed by atoms with Crippen molar-refractivity contribution in [2.45, 2.75) is 0 Å². The average molecular weight is 618 g/mol. The maximum atomic E-state index is 6.66. The molecule has 0 amide bonds. The summed E-state index contributed by atoms with van der Waals surface area (Å²) in [5.74, 6) is 0. The zero-order valence-electron chi connectivity index (χ0n) is 25.4. The second-order valence-electron chi connectivity index (χ2n) is 12.1. The van der Waals surface area contributed by atoms with Gasteiger partial charge in [-0.25, -0.2) is 0 Å². The highest BCUT2D eigenvalue weighted by atomic mass is 32.1. The maximum Gasteiger partial charge on any atom is 0.159 e. The summed E-state index contributed by atoms with van der Waals surface area (Å²) in [4.78, 5) is 2.39. The van der Waals surface area contributed by atoms with Crippen molar-refractivity contribution in [2.75, 3.05) is 4.90 Å². The van der Waals surface area contributed by atoms with Gasteiger partial charge in [-0.2, -0.15) is 0 Å². The third kappa shape index (κ3) is 4.04. The summed E-state index contributed by atoms with van der Waals surface area (Å²) in [7, 11) is 0. The number of benzene rings is 8. The minimum atomic E-state index is 0.882. The summed E-state index contributed by atoms with van der Waals surface area (Å²) < 4.78 is 9.26. The zero-order valence-corrected chi connectivity index (χ0v) is 26.2. The van der Waals surface area contributed by atoms with Crippen LogP contribution in [0, 0.1) is 0 Å². The number of fused-ring (bicyclic) bond motifs is 9. The van der Waals surface area contributed by atoms with Crippen LogP contribution >= 0.6 is 11.3 Å². The molecule has 0 saturated carbocycles. The molecule has 0 aliphatic carbocycles. The maximum absolute atomic E-state index is 6.66. The minimum absolute atomic E-state index is 0.882. The highest BCUT2D eigenvalue weighted by Crippen LogP contribution is 2.48. The molecular weight excluding hydrogens is 591 g/mol. The topological polar surface area (TPSA) is 16.4 Å². The number of rotatable bonds is 4. The molecule has 0 unspecified atom stereocenters. The van der Waals surface area contributed by atoms with E-state index in [2.05, 4.69) is 163 Å². The van der Waals surface area contributed by atoms with Gasteiger partial charge in [-0.1, -0.05) is 127 Å². The standard InChI is InChI=1S/C44H27NOS/c1-2-13-32-28(10-1)11-7-16-33(32)29-22-25-31(26-23-29)45(39-19-9-17-36-34-14-3-5-20-40(34)46-43(36)39)38-18-8-12-30-24-27-37-35-15-4-6-21-41(35)47-44(37)42(30)38/h1-27H. The second kappa shape index (κ2) is 10.3. The molecule has 0 N–H and O–H groups in total. The molecule has 0 radical (unpaired) electrons. The number of anilines is 3. The first-order valence-corrected chi connectivity index (χ1v) is 16.7. The Labute approximate surface area is 275 Å². The molecule has 0 saturated heterocycles. The largest absolute Gasteiger partial charge is 0.454 e. The van der Waals surface area contributed by atoms with Gasteiger partial charge >= 0.3 is 0 Å². The fourth-order valence-electron chi connectivity index (χ4n) is 7.30. The van der Waals surface area contributed by atoms with Crippen molar-refractivity contribution in [3.63, 3.8) is 0 Å². The summed E-state index contributed by atoms with van der Waals surface area (Å²) in [6.45, 7) is 0. The molecular formula is C44H27NOS. The first-order chi connectivity index (χ1) is 23.3. The van der Waals surface area contributed by atoms with Crippen LogP contribution in [0.5, 0.6) is 0 Å². The fourth-order valence-corrected chi connectivity index (χ4v) is 8.57. The van der Waals surface area contributed by atoms with Crippen molar-refractivity contribution < 1.29 is 4.42 Å². The SMILES string of the molecule is c1ccc2c(-c3ccc(N(c4cccc5c4oc4ccccc45)c4cccc5ccc6c7ccccc7sc6c45)cc3)cccc2c1. The Hall–Kier alpha value is -5.90. The minimum Gasteiger partial charge on any atom is -0.454 e. The van der Waals surface area contributed by atoms with Crippen molar-refractivity contribution >= 4 is 92.1 Å². The monoisotopic (exact) mass is 617 g/mol. The molecule has 0 aliphatic rings. The van der Waals surface area contributed by atoms with Gasteiger partial charge in [-0.15, -0.1) is 11.3 Å². The Morgan fingerprint density at radius 3 is 2.04 bits per heavy atom. The van der Waals surface area contributed by atoms with Gasteiger partial charge in [0.05, 0.1) is 11.4 Å². The first-order valence-electron chi connectivity index (χ1n) is 15.9. The molecule has 0 aliphatic heterocycles. The lowest BCUT2D eigenvalue weighted by Crippen LogP contribution is -2.10. The molecule has 0 spiro atoms. The predicted octanol–water partition coefficient (Wildman–Crippen LogP) is 13.4. The van der Waals surface area contributed by atoms with Gasteiger partial charge in [0, 0.05) is 42.0 Å². The van der Waals surface area contributed by atoms with Gasteiger partial charge in [0.25, 0.3) is 0 Å². The van der Waals surface area contributed by atoms with Crippen molar-refractivity contribution in [1.29, 1.82) is 0 Å². The van der Waals surface area contributed by atoms with Crippen LogP contribution in [0.2, 0.25) is 0 Å². The van der Waals surface area contributed by atoms with E-state index >= 15 is 0 Å². The Balaban J connectivity index is 1.26. The van der Waals surface area contributed by atoms with Crippen LogP contribution < -0.4 is 4.90 Å². The molecule has 3 heteroatoms. The van der Waals surface area contributed by atoms with Crippen molar-refractivity contribution in [2.24, 2.45) is 0 Å². The Morgan fingerprint density at radius 2 is 1.13 bits per heavy atom. The number of para-hydroxylation sites is 2. The number of nitrogens with zero attached hydrogens (tertiary/aromatic N) is 1. The smallest absolute Gasteiger partial charge is 0.159 e. The molecule has 10 aromatic rings. The quantitative estimate of drug-likeness (QED) is 0.195. The van der Waals surface area contributed by atoms with E-state index in [-0.39, 0.29) is 0 Å². The molecule has 0 atom stereocenters. The van der Waals surface area contributed by atoms with Crippen LogP contribution in [0.4, 0.5) is 17.1 Å². The predicted molar refractivity (Wildman–Crippen MR) is 202 cm³/mol. The van der Waals surface area contributed by atoms with Crippen LogP contribution in [0.1, 0.15) is 0 Å². The van der Waals surface area contributed by atoms with E-state index in [1.54, 1.807) is 0 Å². The molecule has 2 aromatic heterocycles. The van der Waals surface area contributed by atoms with E-state index < -0.39 is 0 Å². The van der Waals surface area contributed by atoms with Gasteiger partial charge in [0.1, 0.15) is 5.58 Å². The highest BCUT2D eigenvalue weighted by molar-refractivity contribution is 7.26. The van der Waals surface area contributed by atoms with E-state index in [0.717, 1.165) is 39.0 Å². The van der Waals surface area contributed by atoms with Crippen molar-refractivity contribution in [1.82, 2.24) is 0 Å². The summed E-state index contributed by atoms with van der Waals surface area (Å²) >= 11 is 1.87. The Kier molecular flexibility index (Phi) is 5.78. The summed E-state index contributed by atoms with van der Waals surface area (Å²) in [6, 6.07) is 58.9. The van der Waals surface area contributed by atoms with Crippen LogP contribution in [0.25, 0.3) is 74.8 Å². The number of furan rings is 1. The third-order valence-corrected chi connectivity index (χ3v) is 10.7. The summed E-state index contributed by atoms with van der Waals surface area (Å²) in [5, 5.41) is 9.80. The van der Waals surface area contributed by atoms with Crippen LogP contribution in [-0.4, -0.2) is 0 Å². The summed E-state index contributed by atoms with van der Waals surface area (Å²) in [6.07, 6.45) is 0. The first kappa shape index (κ1) is 26.3. The molecule has 220 valence electrons. The number of hydrogen-bond donors (Lipinski definition) is 0. The van der Waals surface area contributed by atoms with Crippen molar-refractivity contribution in [3.8, 4) is 11.1 Å². The van der Waals surface area contributed by atoms with Crippen LogP contribution in [0.3, 0.4) is 0 Å². The van der Waals surface area contributed by atoms with Crippen molar-refractivity contribution in [3.05, 3.63) is 164 Å². The molecule has 0 bridgehead atoms. The van der Waals surface area contributed by atoms with Gasteiger partial charge in [0.2, 0.25) is 0 Å². The summed E-state index contributed by atoms with van der Waals surface area (Å²) in [5.41, 5.74) is 7.42. The second-order valence-corrected chi connectivity index (χ2v) is 13.1. The Bertz CT molecular complexity index is 2800. The zero-order chi connectivity index (χ0) is 30.9. The lowest BCUT2D eigenvalue weighted by molar-refractivity contribution is 0.669. The lowest BCUT2D eigenvalue weighted by atomic mass is 9.98. The van der Waals surface area contributed by atoms with E-state index in [1.165, 1.54) is 52.8 Å².